The van der Waals surface area contributed by atoms with Crippen molar-refractivity contribution in [1.29, 1.82) is 0 Å². The summed E-state index contributed by atoms with van der Waals surface area (Å²) in [7, 11) is 1.47. The SMILES string of the molecule is Cc1[nH]c2ccccc2c1C(=O)[C@H](C)OC(=O)c1nn(C)c(=O)c2ccccc12. The highest BCUT2D eigenvalue weighted by Crippen LogP contribution is 2.24. The molecule has 0 aliphatic heterocycles. The first kappa shape index (κ1) is 18.6. The highest BCUT2D eigenvalue weighted by Gasteiger charge is 2.26. The molecule has 2 aromatic heterocycles. The van der Waals surface area contributed by atoms with E-state index < -0.39 is 12.1 Å². The molecule has 0 aliphatic carbocycles. The quantitative estimate of drug-likeness (QED) is 0.427. The lowest BCUT2D eigenvalue weighted by atomic mass is 10.0. The van der Waals surface area contributed by atoms with Gasteiger partial charge in [0.15, 0.2) is 11.8 Å². The van der Waals surface area contributed by atoms with Gasteiger partial charge in [0.05, 0.1) is 5.39 Å². The van der Waals surface area contributed by atoms with Gasteiger partial charge in [-0.3, -0.25) is 9.59 Å². The van der Waals surface area contributed by atoms with Gasteiger partial charge in [0, 0.05) is 34.6 Å². The fourth-order valence-electron chi connectivity index (χ4n) is 3.52. The average molecular weight is 389 g/mol. The van der Waals surface area contributed by atoms with Crippen LogP contribution >= 0.6 is 0 Å². The van der Waals surface area contributed by atoms with E-state index in [-0.39, 0.29) is 17.0 Å². The molecule has 0 aliphatic rings. The summed E-state index contributed by atoms with van der Waals surface area (Å²) in [4.78, 5) is 41.2. The maximum atomic E-state index is 13.0. The Morgan fingerprint density at radius 3 is 2.38 bits per heavy atom. The first-order valence-corrected chi connectivity index (χ1v) is 9.17. The topological polar surface area (TPSA) is 94.1 Å². The minimum Gasteiger partial charge on any atom is -0.449 e. The molecule has 2 heterocycles. The summed E-state index contributed by atoms with van der Waals surface area (Å²) in [5, 5.41) is 5.59. The number of ether oxygens (including phenoxy) is 1. The molecule has 4 aromatic rings. The number of para-hydroxylation sites is 1. The number of benzene rings is 2. The summed E-state index contributed by atoms with van der Waals surface area (Å²) in [5.74, 6) is -1.06. The van der Waals surface area contributed by atoms with Gasteiger partial charge >= 0.3 is 5.97 Å². The Bertz CT molecular complexity index is 1330. The Kier molecular flexibility index (Phi) is 4.50. The third-order valence-electron chi connectivity index (χ3n) is 4.94. The minimum atomic E-state index is -1.02. The van der Waals surface area contributed by atoms with Gasteiger partial charge in [-0.15, -0.1) is 0 Å². The van der Waals surface area contributed by atoms with Crippen molar-refractivity contribution in [3.8, 4) is 0 Å². The van der Waals surface area contributed by atoms with Crippen molar-refractivity contribution in [2.75, 3.05) is 0 Å². The maximum Gasteiger partial charge on any atom is 0.360 e. The van der Waals surface area contributed by atoms with E-state index in [1.54, 1.807) is 24.3 Å². The van der Waals surface area contributed by atoms with Crippen molar-refractivity contribution >= 4 is 33.4 Å². The molecule has 7 nitrogen and oxygen atoms in total. The molecule has 0 bridgehead atoms. The molecule has 29 heavy (non-hydrogen) atoms. The van der Waals surface area contributed by atoms with Crippen molar-refractivity contribution in [1.82, 2.24) is 14.8 Å². The second-order valence-electron chi connectivity index (χ2n) is 6.91. The number of carbonyl (C=O) groups is 2. The second kappa shape index (κ2) is 7.01. The Morgan fingerprint density at radius 1 is 1.03 bits per heavy atom. The number of H-pyrrole nitrogens is 1. The Balaban J connectivity index is 1.68. The van der Waals surface area contributed by atoms with Crippen LogP contribution in [0.3, 0.4) is 0 Å². The fraction of sp³-hybridized carbons (Fsp3) is 0.182. The Labute approximate surface area is 165 Å². The fourth-order valence-corrected chi connectivity index (χ4v) is 3.52. The first-order chi connectivity index (χ1) is 13.9. The number of esters is 1. The molecule has 0 saturated carbocycles. The number of hydrogen-bond donors (Lipinski definition) is 1. The van der Waals surface area contributed by atoms with Crippen LogP contribution in [-0.4, -0.2) is 32.6 Å². The third kappa shape index (κ3) is 3.10. The summed E-state index contributed by atoms with van der Waals surface area (Å²) >= 11 is 0. The van der Waals surface area contributed by atoms with Crippen molar-refractivity contribution in [2.24, 2.45) is 7.05 Å². The predicted octanol–water partition coefficient (Wildman–Crippen LogP) is 3.15. The van der Waals surface area contributed by atoms with Crippen molar-refractivity contribution in [3.05, 3.63) is 75.8 Å². The van der Waals surface area contributed by atoms with Crippen LogP contribution in [0.4, 0.5) is 0 Å². The van der Waals surface area contributed by atoms with Crippen LogP contribution in [0.1, 0.15) is 33.5 Å². The summed E-state index contributed by atoms with van der Waals surface area (Å²) in [6, 6.07) is 14.2. The second-order valence-corrected chi connectivity index (χ2v) is 6.91. The number of aromatic nitrogens is 3. The average Bonchev–Trinajstić information content (AvgIpc) is 3.05. The molecular formula is C22H19N3O4. The van der Waals surface area contributed by atoms with Crippen molar-refractivity contribution in [3.63, 3.8) is 0 Å². The number of rotatable bonds is 4. The Morgan fingerprint density at radius 2 is 1.66 bits per heavy atom. The van der Waals surface area contributed by atoms with E-state index in [1.807, 2.05) is 31.2 Å². The Hall–Kier alpha value is -3.74. The first-order valence-electron chi connectivity index (χ1n) is 9.17. The van der Waals surface area contributed by atoms with Crippen LogP contribution < -0.4 is 5.56 Å². The van der Waals surface area contributed by atoms with Crippen molar-refractivity contribution < 1.29 is 14.3 Å². The van der Waals surface area contributed by atoms with E-state index in [0.717, 1.165) is 15.6 Å². The zero-order chi connectivity index (χ0) is 20.7. The van der Waals surface area contributed by atoms with Gasteiger partial charge in [-0.2, -0.15) is 5.10 Å². The van der Waals surface area contributed by atoms with Gasteiger partial charge in [0.25, 0.3) is 5.56 Å². The molecule has 0 spiro atoms. The molecule has 0 amide bonds. The number of ketones is 1. The van der Waals surface area contributed by atoms with Crippen LogP contribution in [0.5, 0.6) is 0 Å². The summed E-state index contributed by atoms with van der Waals surface area (Å²) in [5.41, 5.74) is 1.75. The van der Waals surface area contributed by atoms with Crippen LogP contribution in [-0.2, 0) is 11.8 Å². The number of aromatic amines is 1. The highest BCUT2D eigenvalue weighted by molar-refractivity contribution is 6.12. The van der Waals surface area contributed by atoms with Gasteiger partial charge < -0.3 is 9.72 Å². The molecule has 0 saturated heterocycles. The largest absolute Gasteiger partial charge is 0.449 e. The standard InChI is InChI=1S/C22H19N3O4/c1-12-18(16-10-6-7-11-17(16)23-12)20(26)13(2)29-22(28)19-14-8-4-5-9-15(14)21(27)25(3)24-19/h4-11,13,23H,1-3H3/t13-/m0/s1. The third-order valence-corrected chi connectivity index (χ3v) is 4.94. The normalized spacial score (nSPS) is 12.2. The summed E-state index contributed by atoms with van der Waals surface area (Å²) < 4.78 is 6.54. The molecule has 146 valence electrons. The molecule has 2 aromatic carbocycles. The summed E-state index contributed by atoms with van der Waals surface area (Å²) in [6.45, 7) is 3.34. The number of fused-ring (bicyclic) bond motifs is 2. The number of Topliss-reactive ketones (excluding diaryl/α,β-unsaturated/α-hetero) is 1. The van der Waals surface area contributed by atoms with E-state index >= 15 is 0 Å². The van der Waals surface area contributed by atoms with Gasteiger partial charge in [-0.1, -0.05) is 36.4 Å². The number of hydrogen-bond acceptors (Lipinski definition) is 5. The monoisotopic (exact) mass is 389 g/mol. The van der Waals surface area contributed by atoms with Crippen LogP contribution in [0.2, 0.25) is 0 Å². The van der Waals surface area contributed by atoms with E-state index in [1.165, 1.54) is 14.0 Å². The maximum absolute atomic E-state index is 13.0. The molecule has 0 unspecified atom stereocenters. The number of nitrogens with one attached hydrogen (secondary N) is 1. The van der Waals surface area contributed by atoms with Crippen LogP contribution in [0.25, 0.3) is 21.7 Å². The molecule has 4 rings (SSSR count). The van der Waals surface area contributed by atoms with Gasteiger partial charge in [-0.25, -0.2) is 9.48 Å². The molecule has 1 N–H and O–H groups in total. The van der Waals surface area contributed by atoms with Gasteiger partial charge in [0.1, 0.15) is 0 Å². The number of aryl methyl sites for hydroxylation is 2. The van der Waals surface area contributed by atoms with E-state index in [4.69, 9.17) is 4.74 Å². The lowest BCUT2D eigenvalue weighted by Crippen LogP contribution is -2.28. The number of nitrogens with zero attached hydrogens (tertiary/aromatic N) is 2. The van der Waals surface area contributed by atoms with Crippen molar-refractivity contribution in [2.45, 2.75) is 20.0 Å². The zero-order valence-corrected chi connectivity index (χ0v) is 16.2. The highest BCUT2D eigenvalue weighted by atomic mass is 16.5. The van der Waals surface area contributed by atoms with Gasteiger partial charge in [0.2, 0.25) is 5.78 Å². The molecule has 0 fully saturated rings. The lowest BCUT2D eigenvalue weighted by Gasteiger charge is -2.13. The molecule has 1 atom stereocenters. The van der Waals surface area contributed by atoms with Gasteiger partial charge in [-0.05, 0) is 26.0 Å². The summed E-state index contributed by atoms with van der Waals surface area (Å²) in [6.07, 6.45) is -1.02. The molecule has 7 heteroatoms. The molecular weight excluding hydrogens is 370 g/mol. The predicted molar refractivity (Wildman–Crippen MR) is 109 cm³/mol. The zero-order valence-electron chi connectivity index (χ0n) is 16.2. The van der Waals surface area contributed by atoms with E-state index in [2.05, 4.69) is 10.1 Å². The van der Waals surface area contributed by atoms with Crippen LogP contribution in [0, 0.1) is 6.92 Å². The minimum absolute atomic E-state index is 0.00185. The number of carbonyl (C=O) groups excluding carboxylic acids is 2. The van der Waals surface area contributed by atoms with E-state index in [9.17, 15) is 14.4 Å². The van der Waals surface area contributed by atoms with Crippen LogP contribution in [0.15, 0.2) is 53.3 Å². The lowest BCUT2D eigenvalue weighted by molar-refractivity contribution is 0.0313. The smallest absolute Gasteiger partial charge is 0.360 e. The molecule has 0 radical (unpaired) electrons. The van der Waals surface area contributed by atoms with E-state index in [0.29, 0.717) is 22.0 Å².